The Labute approximate surface area is 216 Å². The number of carbonyl (C=O) groups excluding carboxylic acids is 2. The van der Waals surface area contributed by atoms with Crippen molar-refractivity contribution in [2.24, 2.45) is 0 Å². The van der Waals surface area contributed by atoms with Crippen LogP contribution in [0.1, 0.15) is 37.0 Å². The number of hydrogen-bond acceptors (Lipinski definition) is 3. The lowest BCUT2D eigenvalue weighted by atomic mass is 10.0. The maximum absolute atomic E-state index is 14.0. The van der Waals surface area contributed by atoms with E-state index >= 15 is 0 Å². The molecule has 0 aliphatic carbocycles. The molecule has 0 saturated heterocycles. The van der Waals surface area contributed by atoms with Crippen LogP contribution < -0.4 is 5.32 Å². The first kappa shape index (κ1) is 27.4. The van der Waals surface area contributed by atoms with Gasteiger partial charge < -0.3 is 10.2 Å². The van der Waals surface area contributed by atoms with E-state index in [1.165, 1.54) is 30.0 Å². The SMILES string of the molecule is CCC(C)NC(=O)C(Cc1ccccc1)N(Cc1ccc(F)cc1)C(=O)CSCc1ccccc1F. The first-order valence-electron chi connectivity index (χ1n) is 12.1. The van der Waals surface area contributed by atoms with Crippen LogP contribution >= 0.6 is 11.8 Å². The van der Waals surface area contributed by atoms with E-state index in [0.29, 0.717) is 17.7 Å². The number of halogens is 2. The molecule has 0 fully saturated rings. The Bertz CT molecular complexity index is 1130. The fraction of sp³-hybridized carbons (Fsp3) is 0.310. The van der Waals surface area contributed by atoms with Gasteiger partial charge in [0, 0.05) is 24.8 Å². The van der Waals surface area contributed by atoms with Crippen molar-refractivity contribution in [3.8, 4) is 0 Å². The molecule has 36 heavy (non-hydrogen) atoms. The van der Waals surface area contributed by atoms with E-state index in [2.05, 4.69) is 5.32 Å². The third-order valence-corrected chi connectivity index (χ3v) is 6.95. The van der Waals surface area contributed by atoms with Crippen molar-refractivity contribution in [2.45, 2.75) is 51.1 Å². The number of rotatable bonds is 12. The van der Waals surface area contributed by atoms with Crippen molar-refractivity contribution in [3.05, 3.63) is 107 Å². The Hall–Kier alpha value is -3.19. The van der Waals surface area contributed by atoms with Gasteiger partial charge in [-0.15, -0.1) is 11.8 Å². The van der Waals surface area contributed by atoms with E-state index < -0.39 is 6.04 Å². The van der Waals surface area contributed by atoms with Crippen molar-refractivity contribution >= 4 is 23.6 Å². The summed E-state index contributed by atoms with van der Waals surface area (Å²) in [5, 5.41) is 3.02. The number of carbonyl (C=O) groups is 2. The maximum atomic E-state index is 14.0. The van der Waals surface area contributed by atoms with Crippen LogP contribution in [0.15, 0.2) is 78.9 Å². The quantitative estimate of drug-likeness (QED) is 0.337. The second-order valence-corrected chi connectivity index (χ2v) is 9.74. The minimum Gasteiger partial charge on any atom is -0.352 e. The van der Waals surface area contributed by atoms with Gasteiger partial charge in [0.2, 0.25) is 11.8 Å². The summed E-state index contributed by atoms with van der Waals surface area (Å²) in [5.74, 6) is -0.727. The second kappa shape index (κ2) is 13.8. The van der Waals surface area contributed by atoms with Gasteiger partial charge >= 0.3 is 0 Å². The minimum atomic E-state index is -0.756. The molecule has 190 valence electrons. The number of nitrogens with one attached hydrogen (secondary N) is 1. The molecule has 0 aliphatic rings. The van der Waals surface area contributed by atoms with Gasteiger partial charge in [-0.3, -0.25) is 9.59 Å². The van der Waals surface area contributed by atoms with Crippen molar-refractivity contribution in [1.82, 2.24) is 10.2 Å². The van der Waals surface area contributed by atoms with E-state index in [1.54, 1.807) is 35.2 Å². The Morgan fingerprint density at radius 3 is 2.25 bits per heavy atom. The number of thioether (sulfide) groups is 1. The van der Waals surface area contributed by atoms with Gasteiger partial charge in [0.1, 0.15) is 17.7 Å². The molecule has 2 unspecified atom stereocenters. The van der Waals surface area contributed by atoms with E-state index in [1.807, 2.05) is 44.2 Å². The molecule has 3 rings (SSSR count). The molecule has 0 aliphatic heterocycles. The average Bonchev–Trinajstić information content (AvgIpc) is 2.88. The highest BCUT2D eigenvalue weighted by molar-refractivity contribution is 7.99. The van der Waals surface area contributed by atoms with Crippen LogP contribution in [0.25, 0.3) is 0 Å². The lowest BCUT2D eigenvalue weighted by molar-refractivity contribution is -0.139. The maximum Gasteiger partial charge on any atom is 0.243 e. The molecular formula is C29H32F2N2O2S. The summed E-state index contributed by atoms with van der Waals surface area (Å²) in [6.45, 7) is 4.07. The van der Waals surface area contributed by atoms with Crippen molar-refractivity contribution in [3.63, 3.8) is 0 Å². The predicted molar refractivity (Wildman–Crippen MR) is 141 cm³/mol. The third-order valence-electron chi connectivity index (χ3n) is 5.98. The highest BCUT2D eigenvalue weighted by atomic mass is 32.2. The van der Waals surface area contributed by atoms with Gasteiger partial charge in [-0.05, 0) is 48.2 Å². The van der Waals surface area contributed by atoms with Crippen LogP contribution in [-0.2, 0) is 28.3 Å². The van der Waals surface area contributed by atoms with Crippen LogP contribution in [0.5, 0.6) is 0 Å². The smallest absolute Gasteiger partial charge is 0.243 e. The summed E-state index contributed by atoms with van der Waals surface area (Å²) < 4.78 is 27.6. The third kappa shape index (κ3) is 8.19. The average molecular weight is 511 g/mol. The Kier molecular flexibility index (Phi) is 10.5. The Morgan fingerprint density at radius 1 is 0.917 bits per heavy atom. The summed E-state index contributed by atoms with van der Waals surface area (Å²) in [7, 11) is 0. The molecule has 3 aromatic carbocycles. The number of benzene rings is 3. The standard InChI is InChI=1S/C29H32F2N2O2S/c1-3-21(2)32-29(35)27(17-22-9-5-4-6-10-22)33(18-23-13-15-25(30)16-14-23)28(34)20-36-19-24-11-7-8-12-26(24)31/h4-16,21,27H,3,17-20H2,1-2H3,(H,32,35). The van der Waals surface area contributed by atoms with E-state index in [9.17, 15) is 18.4 Å². The first-order chi connectivity index (χ1) is 17.4. The van der Waals surface area contributed by atoms with Crippen molar-refractivity contribution in [1.29, 1.82) is 0 Å². The topological polar surface area (TPSA) is 49.4 Å². The number of hydrogen-bond donors (Lipinski definition) is 1. The summed E-state index contributed by atoms with van der Waals surface area (Å²) in [6, 6.07) is 21.2. The van der Waals surface area contributed by atoms with E-state index in [4.69, 9.17) is 0 Å². The molecule has 0 radical (unpaired) electrons. The van der Waals surface area contributed by atoms with Gasteiger partial charge in [0.05, 0.1) is 5.75 Å². The number of nitrogens with zero attached hydrogens (tertiary/aromatic N) is 1. The molecule has 0 heterocycles. The van der Waals surface area contributed by atoms with E-state index in [0.717, 1.165) is 17.5 Å². The molecule has 4 nitrogen and oxygen atoms in total. The van der Waals surface area contributed by atoms with Gasteiger partial charge in [-0.2, -0.15) is 0 Å². The van der Waals surface area contributed by atoms with Crippen LogP contribution in [0.3, 0.4) is 0 Å². The highest BCUT2D eigenvalue weighted by Crippen LogP contribution is 2.20. The van der Waals surface area contributed by atoms with Gasteiger partial charge in [0.25, 0.3) is 0 Å². The molecule has 2 atom stereocenters. The van der Waals surface area contributed by atoms with Gasteiger partial charge in [-0.1, -0.05) is 67.6 Å². The first-order valence-corrected chi connectivity index (χ1v) is 13.2. The summed E-state index contributed by atoms with van der Waals surface area (Å²) >= 11 is 1.30. The molecule has 7 heteroatoms. The number of amides is 2. The summed E-state index contributed by atoms with van der Waals surface area (Å²) in [4.78, 5) is 28.5. The zero-order valence-corrected chi connectivity index (χ0v) is 21.4. The summed E-state index contributed by atoms with van der Waals surface area (Å²) in [6.07, 6.45) is 1.10. The fourth-order valence-corrected chi connectivity index (χ4v) is 4.62. The lowest BCUT2D eigenvalue weighted by Crippen LogP contribution is -2.52. The minimum absolute atomic E-state index is 0.0472. The Balaban J connectivity index is 1.85. The molecule has 2 amide bonds. The zero-order valence-electron chi connectivity index (χ0n) is 20.6. The zero-order chi connectivity index (χ0) is 25.9. The summed E-state index contributed by atoms with van der Waals surface area (Å²) in [5.41, 5.74) is 2.17. The molecule has 3 aromatic rings. The Morgan fingerprint density at radius 2 is 1.58 bits per heavy atom. The second-order valence-electron chi connectivity index (χ2n) is 8.76. The van der Waals surface area contributed by atoms with Crippen LogP contribution in [0, 0.1) is 11.6 Å². The molecular weight excluding hydrogens is 478 g/mol. The largest absolute Gasteiger partial charge is 0.352 e. The van der Waals surface area contributed by atoms with E-state index in [-0.39, 0.29) is 41.8 Å². The van der Waals surface area contributed by atoms with Crippen molar-refractivity contribution in [2.75, 3.05) is 5.75 Å². The normalized spacial score (nSPS) is 12.6. The molecule has 0 spiro atoms. The molecule has 0 aromatic heterocycles. The van der Waals surface area contributed by atoms with Gasteiger partial charge in [-0.25, -0.2) is 8.78 Å². The molecule has 0 bridgehead atoms. The molecule has 1 N–H and O–H groups in total. The van der Waals surface area contributed by atoms with Crippen LogP contribution in [0.2, 0.25) is 0 Å². The van der Waals surface area contributed by atoms with Crippen LogP contribution in [-0.4, -0.2) is 34.6 Å². The fourth-order valence-electron chi connectivity index (χ4n) is 3.73. The monoisotopic (exact) mass is 510 g/mol. The lowest BCUT2D eigenvalue weighted by Gasteiger charge is -2.32. The predicted octanol–water partition coefficient (Wildman–Crippen LogP) is 5.75. The van der Waals surface area contributed by atoms with Crippen LogP contribution in [0.4, 0.5) is 8.78 Å². The van der Waals surface area contributed by atoms with Gasteiger partial charge in [0.15, 0.2) is 0 Å². The molecule has 0 saturated carbocycles. The van der Waals surface area contributed by atoms with Crippen molar-refractivity contribution < 1.29 is 18.4 Å². The highest BCUT2D eigenvalue weighted by Gasteiger charge is 2.31.